The first kappa shape index (κ1) is 13.4. The first-order chi connectivity index (χ1) is 8.01. The summed E-state index contributed by atoms with van der Waals surface area (Å²) in [6.45, 7) is 3.55. The summed E-state index contributed by atoms with van der Waals surface area (Å²) in [5.74, 6) is -0.578. The van der Waals surface area contributed by atoms with Crippen LogP contribution < -0.4 is 4.72 Å². The fourth-order valence-corrected chi connectivity index (χ4v) is 2.20. The minimum Gasteiger partial charge on any atom is -0.465 e. The minimum atomic E-state index is -3.62. The van der Waals surface area contributed by atoms with Crippen molar-refractivity contribution in [2.45, 2.75) is 4.90 Å². The molecule has 0 aromatic heterocycles. The van der Waals surface area contributed by atoms with Gasteiger partial charge in [0.1, 0.15) is 0 Å². The van der Waals surface area contributed by atoms with Crippen molar-refractivity contribution in [1.29, 1.82) is 0 Å². The lowest BCUT2D eigenvalue weighted by molar-refractivity contribution is 0.0600. The lowest BCUT2D eigenvalue weighted by atomic mass is 10.2. The highest BCUT2D eigenvalue weighted by atomic mass is 32.2. The Kier molecular flexibility index (Phi) is 4.42. The van der Waals surface area contributed by atoms with Crippen molar-refractivity contribution in [2.24, 2.45) is 0 Å². The predicted octanol–water partition coefficient (Wildman–Crippen LogP) is 0.938. The van der Waals surface area contributed by atoms with Gasteiger partial charge in [-0.3, -0.25) is 0 Å². The van der Waals surface area contributed by atoms with Gasteiger partial charge in [-0.05, 0) is 18.2 Å². The van der Waals surface area contributed by atoms with E-state index in [0.29, 0.717) is 0 Å². The van der Waals surface area contributed by atoms with Crippen LogP contribution in [0.5, 0.6) is 0 Å². The maximum absolute atomic E-state index is 11.7. The molecule has 17 heavy (non-hydrogen) atoms. The Labute approximate surface area is 100 Å². The molecule has 0 aliphatic rings. The molecule has 0 amide bonds. The van der Waals surface area contributed by atoms with Gasteiger partial charge in [-0.25, -0.2) is 17.9 Å². The van der Waals surface area contributed by atoms with Crippen LogP contribution in [-0.2, 0) is 14.8 Å². The number of carbonyl (C=O) groups is 1. The van der Waals surface area contributed by atoms with Crippen molar-refractivity contribution < 1.29 is 17.9 Å². The molecule has 6 heteroatoms. The quantitative estimate of drug-likeness (QED) is 0.627. The molecule has 0 heterocycles. The number of nitrogens with one attached hydrogen (secondary N) is 1. The van der Waals surface area contributed by atoms with E-state index in [1.165, 1.54) is 37.5 Å². The fraction of sp³-hybridized carbons (Fsp3) is 0.182. The van der Waals surface area contributed by atoms with Gasteiger partial charge in [-0.2, -0.15) is 0 Å². The maximum atomic E-state index is 11.7. The molecule has 0 bridgehead atoms. The first-order valence-corrected chi connectivity index (χ1v) is 6.28. The number of sulfonamides is 1. The van der Waals surface area contributed by atoms with Crippen molar-refractivity contribution in [1.82, 2.24) is 4.72 Å². The SMILES string of the molecule is C=CCNS(=O)(=O)c1cccc(C(=O)OC)c1. The molecule has 92 valence electrons. The van der Waals surface area contributed by atoms with Crippen LogP contribution >= 0.6 is 0 Å². The van der Waals surface area contributed by atoms with E-state index in [0.717, 1.165) is 0 Å². The molecule has 5 nitrogen and oxygen atoms in total. The fourth-order valence-electron chi connectivity index (χ4n) is 1.16. The molecule has 0 fully saturated rings. The highest BCUT2D eigenvalue weighted by molar-refractivity contribution is 7.89. The number of methoxy groups -OCH3 is 1. The number of esters is 1. The Morgan fingerprint density at radius 2 is 2.24 bits per heavy atom. The Bertz CT molecular complexity index is 522. The Morgan fingerprint density at radius 3 is 2.82 bits per heavy atom. The first-order valence-electron chi connectivity index (χ1n) is 4.80. The second kappa shape index (κ2) is 5.60. The predicted molar refractivity (Wildman–Crippen MR) is 63.2 cm³/mol. The Morgan fingerprint density at radius 1 is 1.53 bits per heavy atom. The summed E-state index contributed by atoms with van der Waals surface area (Å²) < 4.78 is 30.3. The molecule has 0 saturated carbocycles. The summed E-state index contributed by atoms with van der Waals surface area (Å²) in [7, 11) is -2.38. The molecule has 1 rings (SSSR count). The van der Waals surface area contributed by atoms with Crippen LogP contribution in [0.4, 0.5) is 0 Å². The third kappa shape index (κ3) is 3.40. The average Bonchev–Trinajstić information content (AvgIpc) is 2.35. The van der Waals surface area contributed by atoms with Crippen LogP contribution in [0.15, 0.2) is 41.8 Å². The molecular weight excluding hydrogens is 242 g/mol. The Hall–Kier alpha value is -1.66. The van der Waals surface area contributed by atoms with Gasteiger partial charge < -0.3 is 4.74 Å². The largest absolute Gasteiger partial charge is 0.465 e. The van der Waals surface area contributed by atoms with Crippen molar-refractivity contribution in [2.75, 3.05) is 13.7 Å². The molecule has 0 radical (unpaired) electrons. The third-order valence-electron chi connectivity index (χ3n) is 1.98. The second-order valence-corrected chi connectivity index (χ2v) is 4.93. The smallest absolute Gasteiger partial charge is 0.337 e. The number of hydrogen-bond donors (Lipinski definition) is 1. The number of ether oxygens (including phenoxy) is 1. The van der Waals surface area contributed by atoms with Gasteiger partial charge in [-0.15, -0.1) is 6.58 Å². The number of rotatable bonds is 5. The van der Waals surface area contributed by atoms with E-state index in [2.05, 4.69) is 16.0 Å². The van der Waals surface area contributed by atoms with E-state index < -0.39 is 16.0 Å². The average molecular weight is 255 g/mol. The van der Waals surface area contributed by atoms with Gasteiger partial charge in [0.25, 0.3) is 0 Å². The molecule has 0 aliphatic heterocycles. The second-order valence-electron chi connectivity index (χ2n) is 3.16. The van der Waals surface area contributed by atoms with E-state index in [-0.39, 0.29) is 17.0 Å². The molecule has 1 aromatic rings. The number of carbonyl (C=O) groups excluding carboxylic acids is 1. The number of benzene rings is 1. The summed E-state index contributed by atoms with van der Waals surface area (Å²) in [5, 5.41) is 0. The topological polar surface area (TPSA) is 72.5 Å². The van der Waals surface area contributed by atoms with Gasteiger partial charge in [0.2, 0.25) is 10.0 Å². The van der Waals surface area contributed by atoms with Crippen molar-refractivity contribution in [3.05, 3.63) is 42.5 Å². The van der Waals surface area contributed by atoms with E-state index in [1.807, 2.05) is 0 Å². The highest BCUT2D eigenvalue weighted by Crippen LogP contribution is 2.12. The van der Waals surface area contributed by atoms with Crippen LogP contribution in [0.3, 0.4) is 0 Å². The highest BCUT2D eigenvalue weighted by Gasteiger charge is 2.15. The van der Waals surface area contributed by atoms with Crippen LogP contribution in [0.1, 0.15) is 10.4 Å². The molecule has 0 aliphatic carbocycles. The lowest BCUT2D eigenvalue weighted by Gasteiger charge is -2.06. The zero-order valence-electron chi connectivity index (χ0n) is 9.34. The number of hydrogen-bond acceptors (Lipinski definition) is 4. The van der Waals surface area contributed by atoms with Gasteiger partial charge in [0, 0.05) is 6.54 Å². The monoisotopic (exact) mass is 255 g/mol. The van der Waals surface area contributed by atoms with Crippen LogP contribution in [0, 0.1) is 0 Å². The van der Waals surface area contributed by atoms with Crippen LogP contribution in [0.25, 0.3) is 0 Å². The van der Waals surface area contributed by atoms with Crippen LogP contribution in [0.2, 0.25) is 0 Å². The van der Waals surface area contributed by atoms with Crippen LogP contribution in [-0.4, -0.2) is 28.0 Å². The third-order valence-corrected chi connectivity index (χ3v) is 3.40. The summed E-state index contributed by atoms with van der Waals surface area (Å²) in [6.07, 6.45) is 1.43. The zero-order valence-corrected chi connectivity index (χ0v) is 10.2. The van der Waals surface area contributed by atoms with Gasteiger partial charge >= 0.3 is 5.97 Å². The standard InChI is InChI=1S/C11H13NO4S/c1-3-7-12-17(14,15)10-6-4-5-9(8-10)11(13)16-2/h3-6,8,12H,1,7H2,2H3. The van der Waals surface area contributed by atoms with E-state index in [4.69, 9.17) is 0 Å². The van der Waals surface area contributed by atoms with Gasteiger partial charge in [0.05, 0.1) is 17.6 Å². The minimum absolute atomic E-state index is 0.0160. The van der Waals surface area contributed by atoms with Gasteiger partial charge in [0.15, 0.2) is 0 Å². The molecule has 0 unspecified atom stereocenters. The molecule has 1 aromatic carbocycles. The lowest BCUT2D eigenvalue weighted by Crippen LogP contribution is -2.23. The molecular formula is C11H13NO4S. The van der Waals surface area contributed by atoms with Gasteiger partial charge in [-0.1, -0.05) is 12.1 Å². The molecule has 0 saturated heterocycles. The summed E-state index contributed by atoms with van der Waals surface area (Å²) in [5.41, 5.74) is 0.189. The summed E-state index contributed by atoms with van der Waals surface area (Å²) >= 11 is 0. The summed E-state index contributed by atoms with van der Waals surface area (Å²) in [6, 6.07) is 5.63. The molecule has 0 atom stereocenters. The van der Waals surface area contributed by atoms with Crippen molar-refractivity contribution >= 4 is 16.0 Å². The van der Waals surface area contributed by atoms with E-state index in [1.54, 1.807) is 0 Å². The van der Waals surface area contributed by atoms with E-state index >= 15 is 0 Å². The normalized spacial score (nSPS) is 10.9. The molecule has 0 spiro atoms. The summed E-state index contributed by atoms with van der Waals surface area (Å²) in [4.78, 5) is 11.3. The Balaban J connectivity index is 3.07. The maximum Gasteiger partial charge on any atom is 0.337 e. The van der Waals surface area contributed by atoms with Crippen molar-refractivity contribution in [3.8, 4) is 0 Å². The molecule has 1 N–H and O–H groups in total. The van der Waals surface area contributed by atoms with Crippen molar-refractivity contribution in [3.63, 3.8) is 0 Å². The zero-order chi connectivity index (χ0) is 12.9. The van der Waals surface area contributed by atoms with E-state index in [9.17, 15) is 13.2 Å².